The second kappa shape index (κ2) is 7.31. The van der Waals surface area contributed by atoms with E-state index >= 15 is 0 Å². The van der Waals surface area contributed by atoms with Gasteiger partial charge in [0.1, 0.15) is 5.82 Å². The standard InChI is InChI=1S/C14H19N3OS/c1-3-15-13-11-7-5-6-8-12(11)16-14(17-13)19-10-9-18-4-2/h5-8H,3-4,9-10H2,1-2H3,(H,15,16,17). The molecule has 0 bridgehead atoms. The molecule has 2 rings (SSSR count). The zero-order valence-electron chi connectivity index (χ0n) is 11.3. The first-order chi connectivity index (χ1) is 9.35. The Morgan fingerprint density at radius 2 is 2.05 bits per heavy atom. The van der Waals surface area contributed by atoms with Crippen molar-refractivity contribution in [1.82, 2.24) is 9.97 Å². The summed E-state index contributed by atoms with van der Waals surface area (Å²) in [5.41, 5.74) is 0.979. The fourth-order valence-corrected chi connectivity index (χ4v) is 2.46. The number of fused-ring (bicyclic) bond motifs is 1. The Labute approximate surface area is 118 Å². The third-order valence-electron chi connectivity index (χ3n) is 2.59. The zero-order valence-corrected chi connectivity index (χ0v) is 12.2. The minimum Gasteiger partial charge on any atom is -0.381 e. The molecule has 2 aromatic rings. The highest BCUT2D eigenvalue weighted by molar-refractivity contribution is 7.99. The lowest BCUT2D eigenvalue weighted by molar-refractivity contribution is 0.164. The van der Waals surface area contributed by atoms with Crippen molar-refractivity contribution in [2.24, 2.45) is 0 Å². The van der Waals surface area contributed by atoms with Crippen LogP contribution in [0.1, 0.15) is 13.8 Å². The topological polar surface area (TPSA) is 47.0 Å². The number of nitrogens with zero attached hydrogens (tertiary/aromatic N) is 2. The number of aromatic nitrogens is 2. The maximum atomic E-state index is 5.33. The van der Waals surface area contributed by atoms with Gasteiger partial charge in [-0.3, -0.25) is 0 Å². The van der Waals surface area contributed by atoms with Crippen molar-refractivity contribution in [1.29, 1.82) is 0 Å². The van der Waals surface area contributed by atoms with Crippen molar-refractivity contribution in [3.63, 3.8) is 0 Å². The van der Waals surface area contributed by atoms with Crippen LogP contribution in [-0.4, -0.2) is 35.5 Å². The summed E-state index contributed by atoms with van der Waals surface area (Å²) in [6.45, 7) is 6.40. The zero-order chi connectivity index (χ0) is 13.5. The third kappa shape index (κ3) is 3.81. The Balaban J connectivity index is 2.19. The summed E-state index contributed by atoms with van der Waals surface area (Å²) in [5, 5.41) is 5.17. The van der Waals surface area contributed by atoms with Crippen LogP contribution < -0.4 is 5.32 Å². The molecule has 19 heavy (non-hydrogen) atoms. The lowest BCUT2D eigenvalue weighted by atomic mass is 10.2. The van der Waals surface area contributed by atoms with Crippen LogP contribution in [-0.2, 0) is 4.74 Å². The van der Waals surface area contributed by atoms with Gasteiger partial charge in [0.25, 0.3) is 0 Å². The van der Waals surface area contributed by atoms with E-state index < -0.39 is 0 Å². The van der Waals surface area contributed by atoms with Crippen LogP contribution >= 0.6 is 11.8 Å². The number of benzene rings is 1. The molecule has 0 aliphatic rings. The highest BCUT2D eigenvalue weighted by atomic mass is 32.2. The average Bonchev–Trinajstić information content (AvgIpc) is 2.44. The summed E-state index contributed by atoms with van der Waals surface area (Å²) < 4.78 is 5.33. The molecule has 1 N–H and O–H groups in total. The van der Waals surface area contributed by atoms with E-state index in [9.17, 15) is 0 Å². The van der Waals surface area contributed by atoms with Crippen LogP contribution in [0.15, 0.2) is 29.4 Å². The Morgan fingerprint density at radius 1 is 1.21 bits per heavy atom. The molecule has 1 aromatic heterocycles. The molecule has 0 atom stereocenters. The highest BCUT2D eigenvalue weighted by Gasteiger charge is 2.06. The van der Waals surface area contributed by atoms with Gasteiger partial charge in [-0.2, -0.15) is 0 Å². The van der Waals surface area contributed by atoms with Crippen molar-refractivity contribution >= 4 is 28.5 Å². The van der Waals surface area contributed by atoms with Crippen LogP contribution in [0.2, 0.25) is 0 Å². The van der Waals surface area contributed by atoms with Gasteiger partial charge in [-0.05, 0) is 26.0 Å². The van der Waals surface area contributed by atoms with E-state index in [2.05, 4.69) is 22.2 Å². The molecule has 0 aliphatic carbocycles. The molecule has 0 aliphatic heterocycles. The number of rotatable bonds is 7. The quantitative estimate of drug-likeness (QED) is 0.478. The van der Waals surface area contributed by atoms with Crippen LogP contribution in [0.3, 0.4) is 0 Å². The average molecular weight is 277 g/mol. The van der Waals surface area contributed by atoms with E-state index in [1.807, 2.05) is 31.2 Å². The van der Waals surface area contributed by atoms with Gasteiger partial charge in [0, 0.05) is 24.3 Å². The molecule has 0 unspecified atom stereocenters. The normalized spacial score (nSPS) is 10.8. The smallest absolute Gasteiger partial charge is 0.190 e. The number of ether oxygens (including phenoxy) is 1. The Morgan fingerprint density at radius 3 is 2.84 bits per heavy atom. The van der Waals surface area contributed by atoms with Gasteiger partial charge < -0.3 is 10.1 Å². The lowest BCUT2D eigenvalue weighted by Gasteiger charge is -2.09. The number of hydrogen-bond acceptors (Lipinski definition) is 5. The summed E-state index contributed by atoms with van der Waals surface area (Å²) >= 11 is 1.63. The minimum atomic E-state index is 0.730. The second-order valence-electron chi connectivity index (χ2n) is 3.95. The van der Waals surface area contributed by atoms with E-state index in [4.69, 9.17) is 4.74 Å². The first kappa shape index (κ1) is 14.1. The maximum absolute atomic E-state index is 5.33. The van der Waals surface area contributed by atoms with E-state index in [-0.39, 0.29) is 0 Å². The van der Waals surface area contributed by atoms with Crippen LogP contribution in [0.25, 0.3) is 10.9 Å². The molecule has 0 spiro atoms. The number of para-hydroxylation sites is 1. The van der Waals surface area contributed by atoms with E-state index in [0.29, 0.717) is 0 Å². The summed E-state index contributed by atoms with van der Waals surface area (Å²) in [5.74, 6) is 1.78. The van der Waals surface area contributed by atoms with Crippen molar-refractivity contribution in [3.05, 3.63) is 24.3 Å². The Hall–Kier alpha value is -1.33. The summed E-state index contributed by atoms with van der Waals surface area (Å²) in [4.78, 5) is 9.15. The maximum Gasteiger partial charge on any atom is 0.190 e. The van der Waals surface area contributed by atoms with E-state index in [0.717, 1.165) is 47.4 Å². The SMILES string of the molecule is CCNc1nc(SCCOCC)nc2ccccc12. The molecule has 4 nitrogen and oxygen atoms in total. The second-order valence-corrected chi connectivity index (χ2v) is 5.01. The third-order valence-corrected chi connectivity index (χ3v) is 3.40. The van der Waals surface area contributed by atoms with E-state index in [1.165, 1.54) is 0 Å². The van der Waals surface area contributed by atoms with Gasteiger partial charge >= 0.3 is 0 Å². The molecule has 0 radical (unpaired) electrons. The van der Waals surface area contributed by atoms with Crippen molar-refractivity contribution < 1.29 is 4.74 Å². The largest absolute Gasteiger partial charge is 0.381 e. The Bertz CT molecular complexity index is 533. The van der Waals surface area contributed by atoms with Crippen molar-refractivity contribution in [3.8, 4) is 0 Å². The van der Waals surface area contributed by atoms with Gasteiger partial charge in [-0.15, -0.1) is 0 Å². The lowest BCUT2D eigenvalue weighted by Crippen LogP contribution is -2.03. The van der Waals surface area contributed by atoms with Gasteiger partial charge in [-0.1, -0.05) is 23.9 Å². The molecule has 0 fully saturated rings. The molecular formula is C14H19N3OS. The predicted octanol–water partition coefficient (Wildman–Crippen LogP) is 3.19. The van der Waals surface area contributed by atoms with Crippen molar-refractivity contribution in [2.75, 3.05) is 30.8 Å². The molecule has 0 saturated heterocycles. The van der Waals surface area contributed by atoms with Gasteiger partial charge in [0.05, 0.1) is 12.1 Å². The Kier molecular flexibility index (Phi) is 5.42. The van der Waals surface area contributed by atoms with Gasteiger partial charge in [0.2, 0.25) is 0 Å². The molecule has 1 heterocycles. The first-order valence-electron chi connectivity index (χ1n) is 6.56. The van der Waals surface area contributed by atoms with Crippen LogP contribution in [0.5, 0.6) is 0 Å². The summed E-state index contributed by atoms with van der Waals surface area (Å²) in [6.07, 6.45) is 0. The van der Waals surface area contributed by atoms with Crippen LogP contribution in [0.4, 0.5) is 5.82 Å². The fourth-order valence-electron chi connectivity index (χ4n) is 1.76. The predicted molar refractivity (Wildman–Crippen MR) is 80.9 cm³/mol. The van der Waals surface area contributed by atoms with Crippen LogP contribution in [0, 0.1) is 0 Å². The van der Waals surface area contributed by atoms with Gasteiger partial charge in [-0.25, -0.2) is 9.97 Å². The minimum absolute atomic E-state index is 0.730. The highest BCUT2D eigenvalue weighted by Crippen LogP contribution is 2.24. The van der Waals surface area contributed by atoms with E-state index in [1.54, 1.807) is 11.8 Å². The summed E-state index contributed by atoms with van der Waals surface area (Å²) in [6, 6.07) is 8.07. The molecule has 102 valence electrons. The number of hydrogen-bond donors (Lipinski definition) is 1. The number of nitrogens with one attached hydrogen (secondary N) is 1. The number of anilines is 1. The molecule has 1 aromatic carbocycles. The molecule has 0 amide bonds. The molecular weight excluding hydrogens is 258 g/mol. The fraction of sp³-hybridized carbons (Fsp3) is 0.429. The number of thioether (sulfide) groups is 1. The molecule has 0 saturated carbocycles. The van der Waals surface area contributed by atoms with Gasteiger partial charge in [0.15, 0.2) is 5.16 Å². The summed E-state index contributed by atoms with van der Waals surface area (Å²) in [7, 11) is 0. The van der Waals surface area contributed by atoms with Crippen molar-refractivity contribution in [2.45, 2.75) is 19.0 Å². The monoisotopic (exact) mass is 277 g/mol. The first-order valence-corrected chi connectivity index (χ1v) is 7.55. The molecule has 5 heteroatoms.